The van der Waals surface area contributed by atoms with Crippen LogP contribution < -0.4 is 42.1 Å². The van der Waals surface area contributed by atoms with Gasteiger partial charge in [-0.2, -0.15) is 0 Å². The van der Waals surface area contributed by atoms with E-state index in [1.807, 2.05) is 0 Å². The van der Waals surface area contributed by atoms with Crippen LogP contribution in [0.15, 0.2) is 24.3 Å². The van der Waals surface area contributed by atoms with E-state index in [0.29, 0.717) is 12.8 Å². The van der Waals surface area contributed by atoms with Crippen LogP contribution in [-0.2, 0) is 52.7 Å². The van der Waals surface area contributed by atoms with Gasteiger partial charge >= 0.3 is 24.0 Å². The van der Waals surface area contributed by atoms with E-state index < -0.39 is 162 Å². The van der Waals surface area contributed by atoms with E-state index in [1.54, 1.807) is 20.8 Å². The first-order valence-corrected chi connectivity index (χ1v) is 23.0. The summed E-state index contributed by atoms with van der Waals surface area (Å²) in [5.74, 6) is -14.5. The van der Waals surface area contributed by atoms with Crippen molar-refractivity contribution in [3.63, 3.8) is 0 Å². The highest BCUT2D eigenvalue weighted by Gasteiger charge is 2.41. The number of benzene rings is 1. The molecule has 0 aromatic heterocycles. The summed E-state index contributed by atoms with van der Waals surface area (Å²) in [7, 11) is 0. The molecule has 0 radical (unpaired) electrons. The highest BCUT2D eigenvalue weighted by Crippen LogP contribution is 2.22. The minimum Gasteiger partial charge on any atom is -0.481 e. The number of carboxylic acid groups (broad SMARTS) is 3. The van der Waals surface area contributed by atoms with Crippen molar-refractivity contribution in [1.29, 1.82) is 0 Å². The van der Waals surface area contributed by atoms with E-state index in [-0.39, 0.29) is 30.9 Å². The van der Waals surface area contributed by atoms with Gasteiger partial charge < -0.3 is 62.0 Å². The van der Waals surface area contributed by atoms with Gasteiger partial charge in [0, 0.05) is 38.6 Å². The van der Waals surface area contributed by atoms with E-state index in [0.717, 1.165) is 31.0 Å². The number of hydrazine groups is 1. The van der Waals surface area contributed by atoms with Crippen LogP contribution in [0.3, 0.4) is 0 Å². The molecular weight excluding hydrogens is 973 g/mol. The fourth-order valence-electron chi connectivity index (χ4n) is 7.19. The van der Waals surface area contributed by atoms with Gasteiger partial charge in [-0.25, -0.2) is 9.80 Å². The number of ether oxygens (including phenoxy) is 1. The fraction of sp³-hybridized carbons (Fsp3) is 0.591. The number of carbonyl (C=O) groups excluding carboxylic acids is 9. The number of nitrogens with zero attached hydrogens (tertiary/aromatic N) is 3. The highest BCUT2D eigenvalue weighted by molar-refractivity contribution is 5.99. The number of non-ortho nitro benzene ring substituents is 1. The molecule has 8 atom stereocenters. The predicted molar refractivity (Wildman–Crippen MR) is 249 cm³/mol. The summed E-state index contributed by atoms with van der Waals surface area (Å²) < 4.78 is 5.29. The lowest BCUT2D eigenvalue weighted by atomic mass is 9.98. The van der Waals surface area contributed by atoms with Gasteiger partial charge in [0.2, 0.25) is 41.4 Å². The van der Waals surface area contributed by atoms with Crippen molar-refractivity contribution < 1.29 is 87.6 Å². The van der Waals surface area contributed by atoms with E-state index in [1.165, 1.54) is 30.9 Å². The lowest BCUT2D eigenvalue weighted by Crippen LogP contribution is -2.62. The van der Waals surface area contributed by atoms with Crippen molar-refractivity contribution >= 4 is 76.9 Å². The van der Waals surface area contributed by atoms with Gasteiger partial charge in [-0.1, -0.05) is 34.6 Å². The van der Waals surface area contributed by atoms with Crippen LogP contribution in [0.2, 0.25) is 0 Å². The fourth-order valence-corrected chi connectivity index (χ4v) is 7.19. The molecule has 1 fully saturated rings. The smallest absolute Gasteiger partial charge is 0.434 e. The Bertz CT molecular complexity index is 2210. The molecule has 0 aliphatic carbocycles. The Hall–Kier alpha value is -7.98. The predicted octanol–water partition coefficient (Wildman–Crippen LogP) is -1.74. The number of amides is 9. The van der Waals surface area contributed by atoms with Crippen LogP contribution in [-0.4, -0.2) is 168 Å². The molecule has 0 spiro atoms. The second-order valence-corrected chi connectivity index (χ2v) is 17.6. The zero-order valence-electron chi connectivity index (χ0n) is 41.2. The first-order valence-electron chi connectivity index (χ1n) is 23.0. The average molecular weight is 1040 g/mol. The molecule has 1 heterocycles. The van der Waals surface area contributed by atoms with Gasteiger partial charge in [0.1, 0.15) is 48.0 Å². The number of nitro benzene ring substituents is 1. The first kappa shape index (κ1) is 61.1. The summed E-state index contributed by atoms with van der Waals surface area (Å²) in [6.07, 6.45) is -5.48. The number of hydrogen-bond donors (Lipinski definition) is 11. The second-order valence-electron chi connectivity index (χ2n) is 17.6. The van der Waals surface area contributed by atoms with E-state index in [2.05, 4.69) is 37.3 Å². The summed E-state index contributed by atoms with van der Waals surface area (Å²) in [5.41, 5.74) is 2.21. The Morgan fingerprint density at radius 1 is 0.712 bits per heavy atom. The van der Waals surface area contributed by atoms with Gasteiger partial charge in [-0.05, 0) is 56.6 Å². The average Bonchev–Trinajstić information content (AvgIpc) is 3.79. The SMILES string of the molecule is CCCN(NC(=O)[C@H]1CCCN1C(=O)[C@@H](NC(=O)[C@@H](NC(=O)[C@H](CC(=O)O)NC(=O)[C@H](CCC(=O)O)NC(=O)[C@@H](NC(=O)[C@H](CC(=O)O)NC(C)=O)[C@@H](C)O)C(C)C)C(C)C)C(=O)Oc1ccc([N+](=O)[O-])cc1. The van der Waals surface area contributed by atoms with Crippen molar-refractivity contribution in [2.45, 2.75) is 142 Å². The maximum absolute atomic E-state index is 14.2. The van der Waals surface area contributed by atoms with Crippen LogP contribution in [0.5, 0.6) is 5.75 Å². The molecule has 29 nitrogen and oxygen atoms in total. The summed E-state index contributed by atoms with van der Waals surface area (Å²) in [5, 5.41) is 63.9. The topological polar surface area (TPSA) is 429 Å². The van der Waals surface area contributed by atoms with Crippen molar-refractivity contribution in [1.82, 2.24) is 47.2 Å². The van der Waals surface area contributed by atoms with Crippen LogP contribution in [0.1, 0.15) is 93.4 Å². The Balaban J connectivity index is 2.30. The molecule has 404 valence electrons. The molecule has 73 heavy (non-hydrogen) atoms. The van der Waals surface area contributed by atoms with Crippen molar-refractivity contribution in [3.8, 4) is 5.75 Å². The molecule has 11 N–H and O–H groups in total. The third kappa shape index (κ3) is 19.6. The van der Waals surface area contributed by atoms with Gasteiger partial charge in [-0.15, -0.1) is 0 Å². The lowest BCUT2D eigenvalue weighted by Gasteiger charge is -2.33. The third-order valence-electron chi connectivity index (χ3n) is 10.9. The molecule has 1 aromatic carbocycles. The number of nitro groups is 1. The Morgan fingerprint density at radius 3 is 1.68 bits per heavy atom. The molecule has 0 saturated carbocycles. The van der Waals surface area contributed by atoms with Crippen LogP contribution in [0.25, 0.3) is 0 Å². The molecule has 0 unspecified atom stereocenters. The standard InChI is InChI=1S/C44H64N10O19/c1-8-17-53(44(70)73-26-13-11-25(12-14-26)54(71)72)51-40(66)30-10-9-18-52(30)43(69)35(22(4)5)49-41(67)34(21(2)3)48-39(65)29(20-33(61)62)47-37(63)27(15-16-31(57)58)46-42(68)36(23(6)55)50-38(64)28(19-32(59)60)45-24(7)56/h11-14,21-23,27-30,34-36,55H,8-10,15-20H2,1-7H3,(H,45,56)(H,46,68)(H,47,63)(H,48,65)(H,49,67)(H,50,64)(H,51,66)(H,57,58)(H,59,60)(H,61,62)/t23-,27+,28+,29+,30-,34+,35+,36+/m1/s1. The largest absolute Gasteiger partial charge is 0.481 e. The number of aliphatic carboxylic acids is 3. The number of carbonyl (C=O) groups is 12. The molecular formula is C44H64N10O19. The monoisotopic (exact) mass is 1040 g/mol. The van der Waals surface area contributed by atoms with Crippen molar-refractivity contribution in [2.24, 2.45) is 11.8 Å². The van der Waals surface area contributed by atoms with Crippen LogP contribution in [0, 0.1) is 22.0 Å². The molecule has 1 aliphatic heterocycles. The van der Waals surface area contributed by atoms with Gasteiger partial charge in [0.05, 0.1) is 23.9 Å². The quantitative estimate of drug-likeness (QED) is 0.0344. The molecule has 0 bridgehead atoms. The molecule has 29 heteroatoms. The van der Waals surface area contributed by atoms with Gasteiger partial charge in [-0.3, -0.25) is 68.3 Å². The van der Waals surface area contributed by atoms with Gasteiger partial charge in [0.25, 0.3) is 11.6 Å². The number of hydrogen-bond acceptors (Lipinski definition) is 16. The molecule has 1 aromatic rings. The normalized spacial score (nSPS) is 15.9. The van der Waals surface area contributed by atoms with Crippen LogP contribution >= 0.6 is 0 Å². The van der Waals surface area contributed by atoms with Crippen molar-refractivity contribution in [3.05, 3.63) is 34.4 Å². The number of rotatable bonds is 27. The summed E-state index contributed by atoms with van der Waals surface area (Å²) in [4.78, 5) is 167. The number of aliphatic hydroxyl groups excluding tert-OH is 1. The van der Waals surface area contributed by atoms with Gasteiger partial charge in [0.15, 0.2) is 0 Å². The minimum atomic E-state index is -2.00. The zero-order chi connectivity index (χ0) is 55.4. The number of aliphatic hydroxyl groups is 1. The zero-order valence-corrected chi connectivity index (χ0v) is 41.2. The van der Waals surface area contributed by atoms with E-state index in [9.17, 15) is 88.1 Å². The second kappa shape index (κ2) is 28.8. The van der Waals surface area contributed by atoms with E-state index >= 15 is 0 Å². The summed E-state index contributed by atoms with van der Waals surface area (Å²) in [6.45, 7) is 9.91. The first-order chi connectivity index (χ1) is 34.1. The maximum Gasteiger partial charge on any atom is 0.434 e. The minimum absolute atomic E-state index is 0.0302. The number of likely N-dealkylation sites (tertiary alicyclic amines) is 1. The van der Waals surface area contributed by atoms with E-state index in [4.69, 9.17) is 4.74 Å². The number of nitrogens with one attached hydrogen (secondary N) is 7. The molecule has 9 amide bonds. The molecule has 1 aliphatic rings. The summed E-state index contributed by atoms with van der Waals surface area (Å²) >= 11 is 0. The Kier molecular flexibility index (Phi) is 24.1. The summed E-state index contributed by atoms with van der Waals surface area (Å²) in [6, 6.07) is -6.91. The Labute approximate surface area is 418 Å². The molecule has 2 rings (SSSR count). The Morgan fingerprint density at radius 2 is 1.21 bits per heavy atom. The lowest BCUT2D eigenvalue weighted by molar-refractivity contribution is -0.384. The van der Waals surface area contributed by atoms with Crippen LogP contribution in [0.4, 0.5) is 10.5 Å². The third-order valence-corrected chi connectivity index (χ3v) is 10.9. The highest BCUT2D eigenvalue weighted by atomic mass is 16.6. The maximum atomic E-state index is 14.2. The number of carboxylic acids is 3. The molecule has 1 saturated heterocycles. The van der Waals surface area contributed by atoms with Crippen molar-refractivity contribution in [2.75, 3.05) is 13.1 Å².